The Morgan fingerprint density at radius 3 is 2.04 bits per heavy atom. The molecule has 1 aromatic heterocycles. The van der Waals surface area contributed by atoms with E-state index in [4.69, 9.17) is 28.8 Å². The van der Waals surface area contributed by atoms with Crippen molar-refractivity contribution in [3.63, 3.8) is 0 Å². The lowest BCUT2D eigenvalue weighted by atomic mass is 9.84. The molecule has 1 saturated heterocycles. The summed E-state index contributed by atoms with van der Waals surface area (Å²) in [6.45, 7) is 2.11. The Balaban J connectivity index is 2.40. The third-order valence-corrected chi connectivity index (χ3v) is 8.51. The second-order valence-corrected chi connectivity index (χ2v) is 12.5. The van der Waals surface area contributed by atoms with Crippen LogP contribution < -0.4 is 17.0 Å². The molecule has 0 bridgehead atoms. The number of carbonyl (C=O) groups excluding carboxylic acids is 3. The van der Waals surface area contributed by atoms with Gasteiger partial charge in [-0.1, -0.05) is 13.8 Å². The van der Waals surface area contributed by atoms with Crippen LogP contribution in [0.25, 0.3) is 0 Å². The summed E-state index contributed by atoms with van der Waals surface area (Å²) in [6, 6.07) is -0.218. The minimum absolute atomic E-state index is 0.0815. The lowest BCUT2D eigenvalue weighted by Gasteiger charge is -2.37. The zero-order chi connectivity index (χ0) is 36.5. The molecule has 2 unspecified atom stereocenters. The van der Waals surface area contributed by atoms with Crippen LogP contribution in [-0.4, -0.2) is 101 Å². The average molecular weight is 718 g/mol. The van der Waals surface area contributed by atoms with Crippen LogP contribution in [0.2, 0.25) is 0 Å². The van der Waals surface area contributed by atoms with Crippen molar-refractivity contribution >= 4 is 26.1 Å². The summed E-state index contributed by atoms with van der Waals surface area (Å²) in [7, 11) is -5.00. The molecule has 4 N–H and O–H groups in total. The first-order chi connectivity index (χ1) is 22.3. The van der Waals surface area contributed by atoms with E-state index in [0.29, 0.717) is 9.13 Å². The maximum absolute atomic E-state index is 14.8. The standard InChI is InChI=1S/C26H41FN3O17P/c1-7-39-22(35)42-14-45-48(38,46-15-43-23(36)40-8-2)44-12-26(11-27)20(33)24(5,37)25(6,47-26)30-10-9-17(31)29(21(30)34)13-41-19(32)18(28)16(3)4/h9-10,16,18,20,33,37H,7-8,11-15,28H2,1-6H3/t18?,20-,24+,25?,26+/m0/s1. The summed E-state index contributed by atoms with van der Waals surface area (Å²) in [5.41, 5.74) is -3.98. The second-order valence-electron chi connectivity index (χ2n) is 10.8. The molecule has 1 aliphatic heterocycles. The van der Waals surface area contributed by atoms with Crippen molar-refractivity contribution < 1.29 is 75.5 Å². The van der Waals surface area contributed by atoms with E-state index >= 15 is 0 Å². The SMILES string of the molecule is CCOC(=O)OCOP(=O)(OCOC(=O)OCC)OC[C@@]1(CF)OC(C)(n2ccc(=O)n(COC(=O)C(N)C(C)C)c2=O)[C@](C)(O)[C@@H]1O. The van der Waals surface area contributed by atoms with Gasteiger partial charge in [-0.3, -0.25) is 18.7 Å². The van der Waals surface area contributed by atoms with Crippen molar-refractivity contribution in [2.24, 2.45) is 11.7 Å². The van der Waals surface area contributed by atoms with Gasteiger partial charge >= 0.3 is 31.8 Å². The molecule has 0 amide bonds. The normalized spacial score (nSPS) is 24.6. The van der Waals surface area contributed by atoms with Crippen LogP contribution >= 0.6 is 7.82 Å². The minimum atomic E-state index is -5.00. The van der Waals surface area contributed by atoms with E-state index in [1.165, 1.54) is 13.8 Å². The first-order valence-corrected chi connectivity index (χ1v) is 15.8. The van der Waals surface area contributed by atoms with Gasteiger partial charge in [-0.25, -0.2) is 37.0 Å². The number of esters is 1. The molecule has 2 rings (SSSR count). The number of rotatable bonds is 17. The summed E-state index contributed by atoms with van der Waals surface area (Å²) < 4.78 is 73.2. The Morgan fingerprint density at radius 1 is 1.02 bits per heavy atom. The number of nitrogens with zero attached hydrogens (tertiary/aromatic N) is 2. The molecule has 0 aliphatic carbocycles. The highest BCUT2D eigenvalue weighted by Gasteiger charge is 2.69. The number of aliphatic hydroxyl groups excluding tert-OH is 1. The van der Waals surface area contributed by atoms with Gasteiger partial charge in [-0.05, 0) is 33.6 Å². The molecule has 20 nitrogen and oxygen atoms in total. The van der Waals surface area contributed by atoms with E-state index < -0.39 is 100 Å². The molecule has 48 heavy (non-hydrogen) atoms. The van der Waals surface area contributed by atoms with Crippen molar-refractivity contribution in [1.29, 1.82) is 0 Å². The Kier molecular flexibility index (Phi) is 14.3. The Morgan fingerprint density at radius 2 is 1.56 bits per heavy atom. The van der Waals surface area contributed by atoms with Crippen LogP contribution in [0, 0.1) is 5.92 Å². The topological polar surface area (TPSA) is 262 Å². The van der Waals surface area contributed by atoms with Crippen LogP contribution in [0.3, 0.4) is 0 Å². The van der Waals surface area contributed by atoms with Gasteiger partial charge in [0.15, 0.2) is 18.1 Å². The van der Waals surface area contributed by atoms with Gasteiger partial charge in [0.05, 0.1) is 19.8 Å². The van der Waals surface area contributed by atoms with E-state index in [0.717, 1.165) is 26.1 Å². The molecular weight excluding hydrogens is 676 g/mol. The van der Waals surface area contributed by atoms with Crippen LogP contribution in [0.1, 0.15) is 41.5 Å². The summed E-state index contributed by atoms with van der Waals surface area (Å²) in [4.78, 5) is 61.2. The molecule has 274 valence electrons. The highest BCUT2D eigenvalue weighted by Crippen LogP contribution is 2.54. The molecule has 1 fully saturated rings. The van der Waals surface area contributed by atoms with Crippen molar-refractivity contribution in [3.8, 4) is 0 Å². The quantitative estimate of drug-likeness (QED) is 0.0854. The van der Waals surface area contributed by atoms with Gasteiger partial charge < -0.3 is 44.4 Å². The van der Waals surface area contributed by atoms with Gasteiger partial charge in [0.25, 0.3) is 5.56 Å². The molecule has 1 aromatic rings. The van der Waals surface area contributed by atoms with E-state index in [9.17, 15) is 43.1 Å². The van der Waals surface area contributed by atoms with Gasteiger partial charge in [0.1, 0.15) is 24.4 Å². The summed E-state index contributed by atoms with van der Waals surface area (Å²) in [5, 5.41) is 22.6. The van der Waals surface area contributed by atoms with Gasteiger partial charge in [0.2, 0.25) is 13.6 Å². The molecule has 0 aromatic carbocycles. The lowest BCUT2D eigenvalue weighted by Crippen LogP contribution is -2.59. The minimum Gasteiger partial charge on any atom is -0.442 e. The number of ether oxygens (including phenoxy) is 6. The van der Waals surface area contributed by atoms with E-state index in [2.05, 4.69) is 18.9 Å². The third kappa shape index (κ3) is 9.17. The fraction of sp³-hybridized carbons (Fsp3) is 0.731. The number of carbonyl (C=O) groups is 3. The van der Waals surface area contributed by atoms with Gasteiger partial charge in [-0.15, -0.1) is 0 Å². The number of aromatic nitrogens is 2. The maximum Gasteiger partial charge on any atom is 0.510 e. The molecule has 0 radical (unpaired) electrons. The van der Waals surface area contributed by atoms with E-state index in [1.807, 2.05) is 0 Å². The van der Waals surface area contributed by atoms with Crippen molar-refractivity contribution in [2.75, 3.05) is 40.1 Å². The van der Waals surface area contributed by atoms with Crippen LogP contribution in [-0.2, 0) is 63.8 Å². The highest BCUT2D eigenvalue weighted by molar-refractivity contribution is 7.48. The Hall–Kier alpha value is -3.43. The van der Waals surface area contributed by atoms with Gasteiger partial charge in [0, 0.05) is 12.3 Å². The molecule has 22 heteroatoms. The smallest absolute Gasteiger partial charge is 0.442 e. The average Bonchev–Trinajstić information content (AvgIpc) is 3.17. The zero-order valence-corrected chi connectivity index (χ0v) is 28.0. The first-order valence-electron chi connectivity index (χ1n) is 14.4. The van der Waals surface area contributed by atoms with E-state index in [-0.39, 0.29) is 19.1 Å². The van der Waals surface area contributed by atoms with Crippen LogP contribution in [0.15, 0.2) is 21.9 Å². The number of phosphoric ester groups is 1. The number of hydrogen-bond donors (Lipinski definition) is 3. The molecular formula is C26H41FN3O17P. The number of hydrogen-bond acceptors (Lipinski definition) is 18. The number of aliphatic hydroxyl groups is 2. The lowest BCUT2D eigenvalue weighted by molar-refractivity contribution is -0.204. The third-order valence-electron chi connectivity index (χ3n) is 7.22. The van der Waals surface area contributed by atoms with Crippen molar-refractivity contribution in [3.05, 3.63) is 33.1 Å². The van der Waals surface area contributed by atoms with E-state index in [1.54, 1.807) is 13.8 Å². The second kappa shape index (κ2) is 16.8. The summed E-state index contributed by atoms with van der Waals surface area (Å²) >= 11 is 0. The fourth-order valence-corrected chi connectivity index (χ4v) is 5.18. The van der Waals surface area contributed by atoms with Crippen molar-refractivity contribution in [2.45, 2.75) is 77.3 Å². The molecule has 1 aliphatic rings. The maximum atomic E-state index is 14.8. The zero-order valence-electron chi connectivity index (χ0n) is 27.2. The Labute approximate surface area is 273 Å². The molecule has 2 heterocycles. The first kappa shape index (κ1) is 40.7. The molecule has 5 atom stereocenters. The predicted molar refractivity (Wildman–Crippen MR) is 156 cm³/mol. The number of nitrogens with two attached hydrogens (primary N) is 1. The van der Waals surface area contributed by atoms with Crippen LogP contribution in [0.4, 0.5) is 14.0 Å². The summed E-state index contributed by atoms with van der Waals surface area (Å²) in [6.07, 6.45) is -3.85. The number of phosphoric acid groups is 1. The predicted octanol–water partition coefficient (Wildman–Crippen LogP) is 0.436. The molecule has 0 spiro atoms. The number of alkyl halides is 1. The summed E-state index contributed by atoms with van der Waals surface area (Å²) in [5.74, 6) is -1.25. The number of halogens is 1. The Bertz CT molecular complexity index is 1420. The van der Waals surface area contributed by atoms with Crippen molar-refractivity contribution in [1.82, 2.24) is 9.13 Å². The largest absolute Gasteiger partial charge is 0.510 e. The monoisotopic (exact) mass is 717 g/mol. The van der Waals surface area contributed by atoms with Gasteiger partial charge in [-0.2, -0.15) is 0 Å². The highest BCUT2D eigenvalue weighted by atomic mass is 31.2. The van der Waals surface area contributed by atoms with Crippen LogP contribution in [0.5, 0.6) is 0 Å². The fourth-order valence-electron chi connectivity index (χ4n) is 4.21. The molecule has 0 saturated carbocycles.